The lowest BCUT2D eigenvalue weighted by molar-refractivity contribution is -0.113. The van der Waals surface area contributed by atoms with Gasteiger partial charge in [-0.2, -0.15) is 4.98 Å². The van der Waals surface area contributed by atoms with Crippen LogP contribution in [0.15, 0.2) is 80.1 Å². The molecule has 184 valence electrons. The first-order valence-electron chi connectivity index (χ1n) is 11.2. The van der Waals surface area contributed by atoms with E-state index in [9.17, 15) is 9.18 Å². The predicted molar refractivity (Wildman–Crippen MR) is 141 cm³/mol. The number of furan rings is 1. The van der Waals surface area contributed by atoms with Crippen LogP contribution in [0.1, 0.15) is 35.4 Å². The molecular weight excluding hydrogens is 545 g/mol. The van der Waals surface area contributed by atoms with Gasteiger partial charge in [-0.1, -0.05) is 47.7 Å². The molecular formula is C26H23BrFN5O2S. The topological polar surface area (TPSA) is 85.0 Å². The van der Waals surface area contributed by atoms with E-state index in [2.05, 4.69) is 36.6 Å². The van der Waals surface area contributed by atoms with Gasteiger partial charge in [0, 0.05) is 17.1 Å². The fourth-order valence-corrected chi connectivity index (χ4v) is 5.26. The van der Waals surface area contributed by atoms with Gasteiger partial charge in [0.15, 0.2) is 4.67 Å². The third-order valence-electron chi connectivity index (χ3n) is 5.89. The van der Waals surface area contributed by atoms with Crippen molar-refractivity contribution in [3.8, 4) is 0 Å². The lowest BCUT2D eigenvalue weighted by Crippen LogP contribution is -2.31. The van der Waals surface area contributed by atoms with Crippen LogP contribution >= 0.6 is 27.7 Å². The standard InChI is InChI=1S/C26H23BrFN5O2S/c1-14-8-9-19(15(2)12-14)30-24(34)22-16(3)29-25-31-26(36-13-17-6-4-5-7-18(17)28)32-33(25)23(22)20-10-11-21(27)35-20/h4-12,23H,13H2,1-3H3,(H,30,34)(H,29,31,32). The lowest BCUT2D eigenvalue weighted by atomic mass is 9.99. The number of hydrogen-bond donors (Lipinski definition) is 2. The molecule has 7 nitrogen and oxygen atoms in total. The molecule has 0 spiro atoms. The second kappa shape index (κ2) is 9.94. The van der Waals surface area contributed by atoms with E-state index in [0.29, 0.717) is 44.1 Å². The number of carbonyl (C=O) groups is 1. The molecule has 10 heteroatoms. The number of halogens is 2. The number of amides is 1. The zero-order chi connectivity index (χ0) is 25.4. The fourth-order valence-electron chi connectivity index (χ4n) is 4.13. The van der Waals surface area contributed by atoms with Crippen LogP contribution in [0.4, 0.5) is 16.0 Å². The normalized spacial score (nSPS) is 15.0. The maximum atomic E-state index is 14.1. The largest absolute Gasteiger partial charge is 0.452 e. The van der Waals surface area contributed by atoms with Crippen LogP contribution in [-0.2, 0) is 10.5 Å². The van der Waals surface area contributed by atoms with Crippen molar-refractivity contribution in [2.45, 2.75) is 37.7 Å². The molecule has 1 atom stereocenters. The summed E-state index contributed by atoms with van der Waals surface area (Å²) in [4.78, 5) is 18.2. The Morgan fingerprint density at radius 3 is 2.72 bits per heavy atom. The van der Waals surface area contributed by atoms with E-state index < -0.39 is 6.04 Å². The number of thioether (sulfide) groups is 1. The monoisotopic (exact) mass is 567 g/mol. The highest BCUT2D eigenvalue weighted by Gasteiger charge is 2.36. The van der Waals surface area contributed by atoms with E-state index in [0.717, 1.165) is 16.8 Å². The molecule has 3 heterocycles. The molecule has 0 aliphatic carbocycles. The summed E-state index contributed by atoms with van der Waals surface area (Å²) in [5, 5.41) is 11.4. The number of aromatic nitrogens is 3. The summed E-state index contributed by atoms with van der Waals surface area (Å²) in [5.74, 6) is 0.841. The summed E-state index contributed by atoms with van der Waals surface area (Å²) in [6.07, 6.45) is 0. The minimum atomic E-state index is -0.645. The van der Waals surface area contributed by atoms with Gasteiger partial charge in [-0.25, -0.2) is 9.07 Å². The first-order chi connectivity index (χ1) is 17.3. The Bertz CT molecular complexity index is 1500. The predicted octanol–water partition coefficient (Wildman–Crippen LogP) is 6.61. The van der Waals surface area contributed by atoms with Crippen molar-refractivity contribution < 1.29 is 13.6 Å². The number of hydrogen-bond acceptors (Lipinski definition) is 6. The van der Waals surface area contributed by atoms with Crippen molar-refractivity contribution in [3.63, 3.8) is 0 Å². The Balaban J connectivity index is 1.48. The third-order valence-corrected chi connectivity index (χ3v) is 7.20. The van der Waals surface area contributed by atoms with E-state index in [-0.39, 0.29) is 11.7 Å². The average Bonchev–Trinajstić information content (AvgIpc) is 3.45. The molecule has 2 aromatic carbocycles. The summed E-state index contributed by atoms with van der Waals surface area (Å²) in [7, 11) is 0. The molecule has 0 fully saturated rings. The number of fused-ring (bicyclic) bond motifs is 1. The van der Waals surface area contributed by atoms with Gasteiger partial charge in [0.2, 0.25) is 11.1 Å². The van der Waals surface area contributed by atoms with Crippen LogP contribution in [0.3, 0.4) is 0 Å². The number of anilines is 2. The molecule has 1 aliphatic heterocycles. The molecule has 0 saturated carbocycles. The molecule has 36 heavy (non-hydrogen) atoms. The van der Waals surface area contributed by atoms with Crippen LogP contribution in [0.25, 0.3) is 0 Å². The van der Waals surface area contributed by atoms with Gasteiger partial charge in [-0.15, -0.1) is 5.10 Å². The average molecular weight is 568 g/mol. The first-order valence-corrected chi connectivity index (χ1v) is 13.0. The quantitative estimate of drug-likeness (QED) is 0.255. The molecule has 0 saturated heterocycles. The molecule has 0 radical (unpaired) electrons. The Morgan fingerprint density at radius 2 is 2.00 bits per heavy atom. The summed E-state index contributed by atoms with van der Waals surface area (Å²) >= 11 is 4.68. The zero-order valence-electron chi connectivity index (χ0n) is 19.8. The maximum absolute atomic E-state index is 14.1. The van der Waals surface area contributed by atoms with Gasteiger partial charge >= 0.3 is 0 Å². The Kier molecular flexibility index (Phi) is 6.72. The number of benzene rings is 2. The summed E-state index contributed by atoms with van der Waals surface area (Å²) in [5.41, 5.74) is 4.48. The van der Waals surface area contributed by atoms with Gasteiger partial charge in [0.05, 0.1) is 5.57 Å². The highest BCUT2D eigenvalue weighted by Crippen LogP contribution is 2.38. The van der Waals surface area contributed by atoms with Gasteiger partial charge in [-0.05, 0) is 72.1 Å². The highest BCUT2D eigenvalue weighted by molar-refractivity contribution is 9.10. The number of carbonyl (C=O) groups excluding carboxylic acids is 1. The summed E-state index contributed by atoms with van der Waals surface area (Å²) in [6, 6.07) is 15.4. The Morgan fingerprint density at radius 1 is 1.19 bits per heavy atom. The number of rotatable bonds is 6. The van der Waals surface area contributed by atoms with Crippen molar-refractivity contribution in [2.24, 2.45) is 0 Å². The SMILES string of the molecule is CC1=C(C(=O)Nc2ccc(C)cc2C)C(c2ccc(Br)o2)n2nc(SCc3ccccc3F)nc2N1. The lowest BCUT2D eigenvalue weighted by Gasteiger charge is -2.27. The van der Waals surface area contributed by atoms with Crippen molar-refractivity contribution >= 4 is 45.2 Å². The smallest absolute Gasteiger partial charge is 0.256 e. The van der Waals surface area contributed by atoms with Crippen molar-refractivity contribution in [2.75, 3.05) is 10.6 Å². The Hall–Kier alpha value is -3.37. The van der Waals surface area contributed by atoms with Crippen LogP contribution in [0.2, 0.25) is 0 Å². The maximum Gasteiger partial charge on any atom is 0.256 e. The molecule has 1 amide bonds. The molecule has 1 aliphatic rings. The van der Waals surface area contributed by atoms with E-state index >= 15 is 0 Å². The zero-order valence-corrected chi connectivity index (χ0v) is 22.2. The summed E-state index contributed by atoms with van der Waals surface area (Å²) < 4.78 is 22.1. The Labute approximate surface area is 220 Å². The van der Waals surface area contributed by atoms with Gasteiger partial charge in [0.25, 0.3) is 5.91 Å². The van der Waals surface area contributed by atoms with E-state index in [4.69, 9.17) is 4.42 Å². The molecule has 1 unspecified atom stereocenters. The first kappa shape index (κ1) is 24.3. The second-order valence-electron chi connectivity index (χ2n) is 8.52. The molecule has 5 rings (SSSR count). The summed E-state index contributed by atoms with van der Waals surface area (Å²) in [6.45, 7) is 5.79. The molecule has 2 aromatic heterocycles. The third kappa shape index (κ3) is 4.83. The second-order valence-corrected chi connectivity index (χ2v) is 10.2. The minimum absolute atomic E-state index is 0.270. The van der Waals surface area contributed by atoms with E-state index in [1.54, 1.807) is 35.0 Å². The van der Waals surface area contributed by atoms with Crippen LogP contribution in [0, 0.1) is 19.7 Å². The van der Waals surface area contributed by atoms with Crippen molar-refractivity contribution in [1.82, 2.24) is 14.8 Å². The molecule has 0 bridgehead atoms. The minimum Gasteiger partial charge on any atom is -0.452 e. The van der Waals surface area contributed by atoms with Crippen molar-refractivity contribution in [1.29, 1.82) is 0 Å². The van der Waals surface area contributed by atoms with Crippen LogP contribution < -0.4 is 10.6 Å². The van der Waals surface area contributed by atoms with Crippen LogP contribution in [0.5, 0.6) is 0 Å². The van der Waals surface area contributed by atoms with Crippen molar-refractivity contribution in [3.05, 3.63) is 98.8 Å². The van der Waals surface area contributed by atoms with Crippen LogP contribution in [-0.4, -0.2) is 20.7 Å². The molecule has 4 aromatic rings. The number of aryl methyl sites for hydroxylation is 2. The van der Waals surface area contributed by atoms with E-state index in [1.165, 1.54) is 17.8 Å². The number of nitrogens with one attached hydrogen (secondary N) is 2. The highest BCUT2D eigenvalue weighted by atomic mass is 79.9. The van der Waals surface area contributed by atoms with Gasteiger partial charge < -0.3 is 15.1 Å². The van der Waals surface area contributed by atoms with Gasteiger partial charge in [-0.3, -0.25) is 4.79 Å². The fraction of sp³-hybridized carbons (Fsp3) is 0.192. The van der Waals surface area contributed by atoms with Gasteiger partial charge in [0.1, 0.15) is 17.6 Å². The number of nitrogens with zero attached hydrogens (tertiary/aromatic N) is 3. The molecule has 2 N–H and O–H groups in total. The van der Waals surface area contributed by atoms with E-state index in [1.807, 2.05) is 39.0 Å². The number of allylic oxidation sites excluding steroid dienone is 1.